The molecule has 5 nitrogen and oxygen atoms in total. The first-order valence-electron chi connectivity index (χ1n) is 6.85. The molecule has 0 radical (unpaired) electrons. The summed E-state index contributed by atoms with van der Waals surface area (Å²) in [6.07, 6.45) is 3.02. The normalized spacial score (nSPS) is 19.9. The van der Waals surface area contributed by atoms with Crippen molar-refractivity contribution in [3.63, 3.8) is 0 Å². The molecule has 2 N–H and O–H groups in total. The quantitative estimate of drug-likeness (QED) is 0.871. The van der Waals surface area contributed by atoms with E-state index in [9.17, 15) is 9.59 Å². The molecule has 5 heteroatoms. The predicted octanol–water partition coefficient (Wildman–Crippen LogP) is 1.37. The second-order valence-corrected chi connectivity index (χ2v) is 5.47. The van der Waals surface area contributed by atoms with Crippen LogP contribution in [0.2, 0.25) is 0 Å². The highest BCUT2D eigenvalue weighted by molar-refractivity contribution is 6.43. The topological polar surface area (TPSA) is 70.6 Å². The molecule has 1 aromatic rings. The van der Waals surface area contributed by atoms with Gasteiger partial charge in [-0.25, -0.2) is 5.43 Å². The molecule has 3 rings (SSSR count). The summed E-state index contributed by atoms with van der Waals surface area (Å²) in [6, 6.07) is 8.11. The Kier molecular flexibility index (Phi) is 3.04. The Hall–Kier alpha value is -2.17. The van der Waals surface area contributed by atoms with E-state index < -0.39 is 0 Å². The number of amides is 2. The number of nitrogens with zero attached hydrogens (tertiary/aromatic N) is 1. The minimum atomic E-state index is -0.295. The van der Waals surface area contributed by atoms with Crippen molar-refractivity contribution in [1.82, 2.24) is 10.7 Å². The van der Waals surface area contributed by atoms with Gasteiger partial charge in [-0.15, -0.1) is 0 Å². The lowest BCUT2D eigenvalue weighted by Crippen LogP contribution is -2.53. The lowest BCUT2D eigenvalue weighted by Gasteiger charge is -2.44. The van der Waals surface area contributed by atoms with E-state index in [1.165, 1.54) is 5.56 Å². The zero-order valence-electron chi connectivity index (χ0n) is 11.4. The van der Waals surface area contributed by atoms with Gasteiger partial charge in [-0.1, -0.05) is 24.3 Å². The third-order valence-electron chi connectivity index (χ3n) is 4.13. The SMILES string of the molecule is Cc1ccccc1C1(NC(=O)C2=NNC(=O)C2)CCC1. The van der Waals surface area contributed by atoms with Gasteiger partial charge in [0.15, 0.2) is 0 Å². The molecule has 0 spiro atoms. The lowest BCUT2D eigenvalue weighted by molar-refractivity contribution is -0.120. The van der Waals surface area contributed by atoms with Crippen molar-refractivity contribution in [2.45, 2.75) is 38.1 Å². The van der Waals surface area contributed by atoms with Crippen molar-refractivity contribution in [2.24, 2.45) is 5.10 Å². The maximum atomic E-state index is 12.2. The van der Waals surface area contributed by atoms with Gasteiger partial charge in [-0.2, -0.15) is 5.10 Å². The zero-order valence-corrected chi connectivity index (χ0v) is 11.4. The molecule has 0 aromatic heterocycles. The number of hydrogen-bond acceptors (Lipinski definition) is 3. The first-order valence-corrected chi connectivity index (χ1v) is 6.85. The molecular formula is C15H17N3O2. The molecule has 1 saturated carbocycles. The second-order valence-electron chi connectivity index (χ2n) is 5.47. The maximum absolute atomic E-state index is 12.2. The molecule has 2 amide bonds. The summed E-state index contributed by atoms with van der Waals surface area (Å²) in [7, 11) is 0. The highest BCUT2D eigenvalue weighted by Gasteiger charge is 2.42. The first-order chi connectivity index (χ1) is 9.61. The fourth-order valence-corrected chi connectivity index (χ4v) is 2.88. The van der Waals surface area contributed by atoms with Gasteiger partial charge in [0.2, 0.25) is 5.91 Å². The van der Waals surface area contributed by atoms with Crippen molar-refractivity contribution in [2.75, 3.05) is 0 Å². The van der Waals surface area contributed by atoms with Crippen LogP contribution in [0.5, 0.6) is 0 Å². The Balaban J connectivity index is 1.82. The van der Waals surface area contributed by atoms with E-state index >= 15 is 0 Å². The van der Waals surface area contributed by atoms with Crippen LogP contribution in [-0.4, -0.2) is 17.5 Å². The number of nitrogens with one attached hydrogen (secondary N) is 2. The number of benzene rings is 1. The molecule has 1 aliphatic carbocycles. The number of rotatable bonds is 3. The number of aryl methyl sites for hydroxylation is 1. The van der Waals surface area contributed by atoms with Gasteiger partial charge in [-0.3, -0.25) is 9.59 Å². The summed E-state index contributed by atoms with van der Waals surface area (Å²) >= 11 is 0. The highest BCUT2D eigenvalue weighted by Crippen LogP contribution is 2.42. The van der Waals surface area contributed by atoms with Crippen molar-refractivity contribution in [3.05, 3.63) is 35.4 Å². The van der Waals surface area contributed by atoms with Crippen LogP contribution in [0.4, 0.5) is 0 Å². The van der Waals surface area contributed by atoms with Crippen LogP contribution >= 0.6 is 0 Å². The number of carbonyl (C=O) groups excluding carboxylic acids is 2. The Morgan fingerprint density at radius 2 is 2.10 bits per heavy atom. The van der Waals surface area contributed by atoms with E-state index in [4.69, 9.17) is 0 Å². The molecular weight excluding hydrogens is 254 g/mol. The minimum Gasteiger partial charge on any atom is -0.341 e. The molecule has 0 bridgehead atoms. The van der Waals surface area contributed by atoms with E-state index in [0.717, 1.165) is 24.8 Å². The molecule has 1 aliphatic heterocycles. The van der Waals surface area contributed by atoms with Gasteiger partial charge in [-0.05, 0) is 37.3 Å². The maximum Gasteiger partial charge on any atom is 0.268 e. The average Bonchev–Trinajstić information content (AvgIpc) is 2.81. The molecule has 1 fully saturated rings. The van der Waals surface area contributed by atoms with Crippen LogP contribution in [0.1, 0.15) is 36.8 Å². The van der Waals surface area contributed by atoms with Crippen LogP contribution < -0.4 is 10.7 Å². The van der Waals surface area contributed by atoms with Gasteiger partial charge in [0.1, 0.15) is 5.71 Å². The Morgan fingerprint density at radius 3 is 2.65 bits per heavy atom. The molecule has 104 valence electrons. The Morgan fingerprint density at radius 1 is 1.35 bits per heavy atom. The fraction of sp³-hybridized carbons (Fsp3) is 0.400. The van der Waals surface area contributed by atoms with Gasteiger partial charge in [0, 0.05) is 0 Å². The second kappa shape index (κ2) is 4.74. The molecule has 1 aromatic carbocycles. The molecule has 0 saturated heterocycles. The summed E-state index contributed by atoms with van der Waals surface area (Å²) in [4.78, 5) is 23.4. The van der Waals surface area contributed by atoms with Crippen molar-refractivity contribution < 1.29 is 9.59 Å². The molecule has 2 aliphatic rings. The van der Waals surface area contributed by atoms with Crippen molar-refractivity contribution >= 4 is 17.5 Å². The predicted molar refractivity (Wildman–Crippen MR) is 75.0 cm³/mol. The molecule has 20 heavy (non-hydrogen) atoms. The standard InChI is InChI=1S/C15H17N3O2/c1-10-5-2-3-6-11(10)15(7-4-8-15)16-14(20)12-9-13(19)18-17-12/h2-3,5-6H,4,7-9H2,1H3,(H,16,20)(H,18,19). The summed E-state index contributed by atoms with van der Waals surface area (Å²) < 4.78 is 0. The smallest absolute Gasteiger partial charge is 0.268 e. The number of hydrogen-bond donors (Lipinski definition) is 2. The van der Waals surface area contributed by atoms with Gasteiger partial charge >= 0.3 is 0 Å². The fourth-order valence-electron chi connectivity index (χ4n) is 2.88. The van der Waals surface area contributed by atoms with E-state index in [2.05, 4.69) is 34.9 Å². The largest absolute Gasteiger partial charge is 0.341 e. The summed E-state index contributed by atoms with van der Waals surface area (Å²) in [5.41, 5.74) is 4.63. The van der Waals surface area contributed by atoms with Gasteiger partial charge in [0.25, 0.3) is 5.91 Å². The number of hydrazone groups is 1. The van der Waals surface area contributed by atoms with E-state index in [1.54, 1.807) is 0 Å². The minimum absolute atomic E-state index is 0.0652. The van der Waals surface area contributed by atoms with Crippen LogP contribution in [-0.2, 0) is 15.1 Å². The molecule has 0 unspecified atom stereocenters. The molecule has 1 heterocycles. The first kappa shape index (κ1) is 12.8. The zero-order chi connectivity index (χ0) is 14.2. The summed E-state index contributed by atoms with van der Waals surface area (Å²) in [5.74, 6) is -0.472. The Labute approximate surface area is 117 Å². The van der Waals surface area contributed by atoms with Crippen LogP contribution in [0, 0.1) is 6.92 Å². The number of carbonyl (C=O) groups is 2. The van der Waals surface area contributed by atoms with Crippen LogP contribution in [0.15, 0.2) is 29.4 Å². The summed E-state index contributed by atoms with van der Waals surface area (Å²) in [6.45, 7) is 2.06. The summed E-state index contributed by atoms with van der Waals surface area (Å²) in [5, 5.41) is 6.87. The monoisotopic (exact) mass is 271 g/mol. The highest BCUT2D eigenvalue weighted by atomic mass is 16.2. The average molecular weight is 271 g/mol. The van der Waals surface area contributed by atoms with Gasteiger partial charge in [0.05, 0.1) is 12.0 Å². The third-order valence-corrected chi connectivity index (χ3v) is 4.13. The Bertz CT molecular complexity index is 603. The van der Waals surface area contributed by atoms with E-state index in [-0.39, 0.29) is 29.5 Å². The van der Waals surface area contributed by atoms with E-state index in [0.29, 0.717) is 0 Å². The molecule has 0 atom stereocenters. The lowest BCUT2D eigenvalue weighted by atomic mass is 9.70. The third kappa shape index (κ3) is 2.09. The van der Waals surface area contributed by atoms with Gasteiger partial charge < -0.3 is 5.32 Å². The van der Waals surface area contributed by atoms with Crippen LogP contribution in [0.3, 0.4) is 0 Å². The van der Waals surface area contributed by atoms with Crippen molar-refractivity contribution in [3.8, 4) is 0 Å². The van der Waals surface area contributed by atoms with Crippen molar-refractivity contribution in [1.29, 1.82) is 0 Å². The van der Waals surface area contributed by atoms with Crippen LogP contribution in [0.25, 0.3) is 0 Å². The van der Waals surface area contributed by atoms with E-state index in [1.807, 2.05) is 12.1 Å².